The standard InChI is InChI=1S/C17H21FN2O/c1-12(10-17(21)14-6-4-3-5-7-14)20-13(2)16-9-8-15(18)11-19-16/h3-9,11-13,17,20-21H,10H2,1-2H3. The third kappa shape index (κ3) is 4.62. The Balaban J connectivity index is 1.89. The van der Waals surface area contributed by atoms with Crippen LogP contribution >= 0.6 is 0 Å². The first-order chi connectivity index (χ1) is 10.1. The van der Waals surface area contributed by atoms with Crippen molar-refractivity contribution in [1.29, 1.82) is 0 Å². The number of aromatic nitrogens is 1. The molecule has 3 unspecified atom stereocenters. The smallest absolute Gasteiger partial charge is 0.141 e. The first-order valence-electron chi connectivity index (χ1n) is 7.16. The van der Waals surface area contributed by atoms with Gasteiger partial charge in [-0.15, -0.1) is 0 Å². The lowest BCUT2D eigenvalue weighted by Crippen LogP contribution is -2.30. The molecule has 1 heterocycles. The van der Waals surface area contributed by atoms with E-state index in [0.717, 1.165) is 11.3 Å². The van der Waals surface area contributed by atoms with Gasteiger partial charge in [-0.05, 0) is 38.0 Å². The highest BCUT2D eigenvalue weighted by Crippen LogP contribution is 2.19. The quantitative estimate of drug-likeness (QED) is 0.856. The van der Waals surface area contributed by atoms with Gasteiger partial charge in [0.25, 0.3) is 0 Å². The minimum absolute atomic E-state index is 0.00331. The largest absolute Gasteiger partial charge is 0.388 e. The molecule has 0 saturated carbocycles. The predicted octanol–water partition coefficient (Wildman–Crippen LogP) is 3.38. The number of benzene rings is 1. The van der Waals surface area contributed by atoms with E-state index in [-0.39, 0.29) is 17.9 Å². The summed E-state index contributed by atoms with van der Waals surface area (Å²) in [4.78, 5) is 4.07. The Hall–Kier alpha value is -1.78. The Kier molecular flexibility index (Phi) is 5.42. The first kappa shape index (κ1) is 15.6. The van der Waals surface area contributed by atoms with Crippen molar-refractivity contribution in [2.24, 2.45) is 0 Å². The second kappa shape index (κ2) is 7.29. The molecule has 0 saturated heterocycles. The van der Waals surface area contributed by atoms with E-state index in [2.05, 4.69) is 10.3 Å². The maximum absolute atomic E-state index is 12.9. The van der Waals surface area contributed by atoms with Crippen LogP contribution in [0.15, 0.2) is 48.7 Å². The fourth-order valence-electron chi connectivity index (χ4n) is 2.37. The van der Waals surface area contributed by atoms with Gasteiger partial charge in [-0.3, -0.25) is 4.98 Å². The third-order valence-corrected chi connectivity index (χ3v) is 3.49. The number of pyridine rings is 1. The molecule has 112 valence electrons. The molecule has 1 aromatic heterocycles. The molecule has 0 aliphatic rings. The van der Waals surface area contributed by atoms with Crippen LogP contribution in [0.1, 0.15) is 43.7 Å². The maximum atomic E-state index is 12.9. The molecule has 3 atom stereocenters. The van der Waals surface area contributed by atoms with E-state index in [4.69, 9.17) is 0 Å². The Labute approximate surface area is 124 Å². The molecule has 2 rings (SSSR count). The van der Waals surface area contributed by atoms with Gasteiger partial charge in [0.2, 0.25) is 0 Å². The van der Waals surface area contributed by atoms with Crippen LogP contribution in [-0.4, -0.2) is 16.1 Å². The van der Waals surface area contributed by atoms with Crippen LogP contribution in [-0.2, 0) is 0 Å². The van der Waals surface area contributed by atoms with Gasteiger partial charge in [0, 0.05) is 12.1 Å². The molecule has 21 heavy (non-hydrogen) atoms. The lowest BCUT2D eigenvalue weighted by molar-refractivity contribution is 0.152. The molecule has 0 radical (unpaired) electrons. The molecule has 1 aromatic carbocycles. The summed E-state index contributed by atoms with van der Waals surface area (Å²) in [5.74, 6) is -0.335. The van der Waals surface area contributed by atoms with E-state index >= 15 is 0 Å². The lowest BCUT2D eigenvalue weighted by Gasteiger charge is -2.22. The Morgan fingerprint density at radius 3 is 2.48 bits per heavy atom. The van der Waals surface area contributed by atoms with E-state index < -0.39 is 6.10 Å². The molecule has 2 aromatic rings. The summed E-state index contributed by atoms with van der Waals surface area (Å²) in [7, 11) is 0. The van der Waals surface area contributed by atoms with Gasteiger partial charge in [-0.2, -0.15) is 0 Å². The molecule has 0 amide bonds. The summed E-state index contributed by atoms with van der Waals surface area (Å²) < 4.78 is 12.9. The summed E-state index contributed by atoms with van der Waals surface area (Å²) >= 11 is 0. The van der Waals surface area contributed by atoms with Gasteiger partial charge in [-0.25, -0.2) is 4.39 Å². The Morgan fingerprint density at radius 1 is 1.14 bits per heavy atom. The molecule has 2 N–H and O–H groups in total. The molecule has 3 nitrogen and oxygen atoms in total. The molecule has 0 fully saturated rings. The van der Waals surface area contributed by atoms with Crippen LogP contribution < -0.4 is 5.32 Å². The van der Waals surface area contributed by atoms with Crippen LogP contribution in [0.2, 0.25) is 0 Å². The van der Waals surface area contributed by atoms with Crippen LogP contribution in [0.4, 0.5) is 4.39 Å². The van der Waals surface area contributed by atoms with Crippen molar-refractivity contribution in [3.8, 4) is 0 Å². The lowest BCUT2D eigenvalue weighted by atomic mass is 10.0. The summed E-state index contributed by atoms with van der Waals surface area (Å²) in [6, 6.07) is 12.8. The van der Waals surface area contributed by atoms with E-state index in [9.17, 15) is 9.50 Å². The van der Waals surface area contributed by atoms with Crippen molar-refractivity contribution in [1.82, 2.24) is 10.3 Å². The van der Waals surface area contributed by atoms with Gasteiger partial charge in [0.1, 0.15) is 5.82 Å². The normalized spacial score (nSPS) is 15.4. The highest BCUT2D eigenvalue weighted by Gasteiger charge is 2.15. The summed E-state index contributed by atoms with van der Waals surface area (Å²) in [5, 5.41) is 13.6. The number of rotatable bonds is 6. The van der Waals surface area contributed by atoms with Crippen molar-refractivity contribution < 1.29 is 9.50 Å². The molecule has 0 spiro atoms. The van der Waals surface area contributed by atoms with Gasteiger partial charge >= 0.3 is 0 Å². The van der Waals surface area contributed by atoms with E-state index in [1.54, 1.807) is 6.07 Å². The summed E-state index contributed by atoms with van der Waals surface area (Å²) in [6.07, 6.45) is 1.33. The van der Waals surface area contributed by atoms with Gasteiger partial charge in [-0.1, -0.05) is 30.3 Å². The number of nitrogens with zero attached hydrogens (tertiary/aromatic N) is 1. The maximum Gasteiger partial charge on any atom is 0.141 e. The number of halogens is 1. The second-order valence-electron chi connectivity index (χ2n) is 5.35. The van der Waals surface area contributed by atoms with E-state index in [0.29, 0.717) is 6.42 Å². The number of nitrogens with one attached hydrogen (secondary N) is 1. The molecule has 0 aliphatic heterocycles. The molecule has 0 aliphatic carbocycles. The van der Waals surface area contributed by atoms with Gasteiger partial charge < -0.3 is 10.4 Å². The van der Waals surface area contributed by atoms with Crippen molar-refractivity contribution >= 4 is 0 Å². The topological polar surface area (TPSA) is 45.1 Å². The monoisotopic (exact) mass is 288 g/mol. The summed E-state index contributed by atoms with van der Waals surface area (Å²) in [5.41, 5.74) is 1.70. The zero-order valence-corrected chi connectivity index (χ0v) is 12.3. The van der Waals surface area contributed by atoms with E-state index in [1.165, 1.54) is 12.3 Å². The average molecular weight is 288 g/mol. The molecular formula is C17H21FN2O. The zero-order valence-electron chi connectivity index (χ0n) is 12.3. The Morgan fingerprint density at radius 2 is 1.86 bits per heavy atom. The Bertz CT molecular complexity index is 544. The van der Waals surface area contributed by atoms with Gasteiger partial charge in [0.15, 0.2) is 0 Å². The molecular weight excluding hydrogens is 267 g/mol. The van der Waals surface area contributed by atoms with Crippen molar-refractivity contribution in [2.75, 3.05) is 0 Å². The fourth-order valence-corrected chi connectivity index (χ4v) is 2.37. The first-order valence-corrected chi connectivity index (χ1v) is 7.16. The minimum atomic E-state index is -0.498. The number of hydrogen-bond acceptors (Lipinski definition) is 3. The fraction of sp³-hybridized carbons (Fsp3) is 0.353. The van der Waals surface area contributed by atoms with Gasteiger partial charge in [0.05, 0.1) is 18.0 Å². The van der Waals surface area contributed by atoms with Crippen LogP contribution in [0, 0.1) is 5.82 Å². The third-order valence-electron chi connectivity index (χ3n) is 3.49. The van der Waals surface area contributed by atoms with Crippen LogP contribution in [0.25, 0.3) is 0 Å². The summed E-state index contributed by atoms with van der Waals surface area (Å²) in [6.45, 7) is 4.00. The SMILES string of the molecule is CC(CC(O)c1ccccc1)NC(C)c1ccc(F)cn1. The highest BCUT2D eigenvalue weighted by molar-refractivity contribution is 5.17. The number of aliphatic hydroxyl groups excluding tert-OH is 1. The minimum Gasteiger partial charge on any atom is -0.388 e. The van der Waals surface area contributed by atoms with Crippen molar-refractivity contribution in [3.63, 3.8) is 0 Å². The van der Waals surface area contributed by atoms with Crippen LogP contribution in [0.3, 0.4) is 0 Å². The zero-order chi connectivity index (χ0) is 15.2. The van der Waals surface area contributed by atoms with Crippen molar-refractivity contribution in [2.45, 2.75) is 38.5 Å². The highest BCUT2D eigenvalue weighted by atomic mass is 19.1. The second-order valence-corrected chi connectivity index (χ2v) is 5.35. The predicted molar refractivity (Wildman–Crippen MR) is 81.2 cm³/mol. The van der Waals surface area contributed by atoms with Crippen LogP contribution in [0.5, 0.6) is 0 Å². The number of hydrogen-bond donors (Lipinski definition) is 2. The molecule has 0 bridgehead atoms. The van der Waals surface area contributed by atoms with Crippen molar-refractivity contribution in [3.05, 3.63) is 65.7 Å². The average Bonchev–Trinajstić information content (AvgIpc) is 2.48. The molecule has 4 heteroatoms. The number of aliphatic hydroxyl groups is 1. The van der Waals surface area contributed by atoms with E-state index in [1.807, 2.05) is 44.2 Å².